The van der Waals surface area contributed by atoms with Gasteiger partial charge in [-0.3, -0.25) is 0 Å². The summed E-state index contributed by atoms with van der Waals surface area (Å²) in [5, 5.41) is 20.0. The third-order valence-electron chi connectivity index (χ3n) is 2.22. The number of carboxylic acid groups (broad SMARTS) is 1. The second kappa shape index (κ2) is 9.88. The molecule has 1 unspecified atom stereocenters. The van der Waals surface area contributed by atoms with Gasteiger partial charge < -0.3 is 20.3 Å². The number of unbranched alkanes of at least 4 members (excludes halogenated alkanes) is 2. The maximum atomic E-state index is 11.5. The molecule has 0 aliphatic heterocycles. The minimum Gasteiger partial charge on any atom is -0.480 e. The van der Waals surface area contributed by atoms with Crippen LogP contribution in [-0.4, -0.2) is 52.0 Å². The van der Waals surface area contributed by atoms with Crippen LogP contribution in [0.3, 0.4) is 0 Å². The largest absolute Gasteiger partial charge is 0.480 e. The fraction of sp³-hybridized carbons (Fsp3) is 0.846. The van der Waals surface area contributed by atoms with Gasteiger partial charge in [-0.05, 0) is 39.4 Å². The monoisotopic (exact) mass is 307 g/mol. The van der Waals surface area contributed by atoms with Crippen molar-refractivity contribution in [2.24, 2.45) is 0 Å². The lowest BCUT2D eigenvalue weighted by molar-refractivity contribution is -0.138. The predicted molar refractivity (Wildman–Crippen MR) is 79.1 cm³/mol. The van der Waals surface area contributed by atoms with Crippen molar-refractivity contribution in [2.75, 3.05) is 18.1 Å². The van der Waals surface area contributed by atoms with Gasteiger partial charge in [0.1, 0.15) is 11.6 Å². The van der Waals surface area contributed by atoms with E-state index in [1.165, 1.54) is 11.8 Å². The highest BCUT2D eigenvalue weighted by Gasteiger charge is 2.23. The molecule has 0 saturated carbocycles. The van der Waals surface area contributed by atoms with Crippen molar-refractivity contribution in [3.05, 3.63) is 0 Å². The van der Waals surface area contributed by atoms with E-state index in [1.54, 1.807) is 20.8 Å². The summed E-state index contributed by atoms with van der Waals surface area (Å²) in [5.41, 5.74) is -0.648. The smallest absolute Gasteiger partial charge is 0.408 e. The molecule has 3 N–H and O–H groups in total. The fourth-order valence-corrected chi connectivity index (χ4v) is 2.35. The van der Waals surface area contributed by atoms with Crippen molar-refractivity contribution < 1.29 is 24.5 Å². The molecular formula is C13H25NO5S. The molecular weight excluding hydrogens is 282 g/mol. The van der Waals surface area contributed by atoms with E-state index in [1.807, 2.05) is 0 Å². The maximum Gasteiger partial charge on any atom is 0.408 e. The van der Waals surface area contributed by atoms with Gasteiger partial charge in [-0.25, -0.2) is 9.59 Å². The van der Waals surface area contributed by atoms with Gasteiger partial charge in [0.2, 0.25) is 0 Å². The average molecular weight is 307 g/mol. The standard InChI is InChI=1S/C13H25NO5S/c1-13(2,3)19-12(18)14-10(11(16)17)9-20-8-6-4-5-7-15/h10,15H,4-9H2,1-3H3,(H,14,18)(H,16,17). The van der Waals surface area contributed by atoms with Crippen LogP contribution in [0.15, 0.2) is 0 Å². The second-order valence-electron chi connectivity index (χ2n) is 5.40. The average Bonchev–Trinajstić information content (AvgIpc) is 2.29. The van der Waals surface area contributed by atoms with E-state index in [0.717, 1.165) is 25.0 Å². The third kappa shape index (κ3) is 10.9. The number of carbonyl (C=O) groups excluding carboxylic acids is 1. The molecule has 0 saturated heterocycles. The number of amides is 1. The summed E-state index contributed by atoms with van der Waals surface area (Å²) in [7, 11) is 0. The Balaban J connectivity index is 3.99. The topological polar surface area (TPSA) is 95.9 Å². The summed E-state index contributed by atoms with van der Waals surface area (Å²) < 4.78 is 5.03. The Morgan fingerprint density at radius 1 is 1.25 bits per heavy atom. The van der Waals surface area contributed by atoms with Crippen molar-refractivity contribution in [2.45, 2.75) is 51.7 Å². The summed E-state index contributed by atoms with van der Waals surface area (Å²) in [6.45, 7) is 5.34. The molecule has 0 fully saturated rings. The molecule has 0 aromatic carbocycles. The highest BCUT2D eigenvalue weighted by molar-refractivity contribution is 7.99. The molecule has 0 aliphatic rings. The number of aliphatic hydroxyl groups excluding tert-OH is 1. The van der Waals surface area contributed by atoms with Crippen LogP contribution in [0, 0.1) is 0 Å². The Morgan fingerprint density at radius 2 is 1.90 bits per heavy atom. The van der Waals surface area contributed by atoms with E-state index in [4.69, 9.17) is 14.9 Å². The number of carbonyl (C=O) groups is 2. The number of aliphatic hydroxyl groups is 1. The zero-order chi connectivity index (χ0) is 15.6. The highest BCUT2D eigenvalue weighted by atomic mass is 32.2. The van der Waals surface area contributed by atoms with Crippen molar-refractivity contribution >= 4 is 23.8 Å². The van der Waals surface area contributed by atoms with Crippen LogP contribution in [0.2, 0.25) is 0 Å². The van der Waals surface area contributed by atoms with Crippen molar-refractivity contribution in [3.63, 3.8) is 0 Å². The minimum atomic E-state index is -1.07. The van der Waals surface area contributed by atoms with Gasteiger partial charge in [0.05, 0.1) is 0 Å². The number of alkyl carbamates (subject to hydrolysis) is 1. The van der Waals surface area contributed by atoms with Gasteiger partial charge in [0, 0.05) is 12.4 Å². The molecule has 1 amide bonds. The van der Waals surface area contributed by atoms with Gasteiger partial charge in [-0.15, -0.1) is 0 Å². The first-order chi connectivity index (χ1) is 9.26. The van der Waals surface area contributed by atoms with E-state index in [0.29, 0.717) is 5.75 Å². The molecule has 0 spiro atoms. The molecule has 20 heavy (non-hydrogen) atoms. The van der Waals surface area contributed by atoms with Crippen LogP contribution in [0.1, 0.15) is 40.0 Å². The van der Waals surface area contributed by atoms with E-state index in [9.17, 15) is 9.59 Å². The minimum absolute atomic E-state index is 0.183. The lowest BCUT2D eigenvalue weighted by Gasteiger charge is -2.21. The molecule has 118 valence electrons. The predicted octanol–water partition coefficient (Wildman–Crippen LogP) is 1.86. The lowest BCUT2D eigenvalue weighted by atomic mass is 10.2. The summed E-state index contributed by atoms with van der Waals surface area (Å²) in [6, 6.07) is -0.951. The zero-order valence-corrected chi connectivity index (χ0v) is 13.2. The number of carboxylic acids is 1. The normalized spacial score (nSPS) is 12.8. The van der Waals surface area contributed by atoms with E-state index < -0.39 is 23.7 Å². The number of rotatable bonds is 9. The van der Waals surface area contributed by atoms with Gasteiger partial charge >= 0.3 is 12.1 Å². The van der Waals surface area contributed by atoms with Gasteiger partial charge in [0.15, 0.2) is 0 Å². The van der Waals surface area contributed by atoms with Crippen molar-refractivity contribution in [1.29, 1.82) is 0 Å². The number of hydrogen-bond acceptors (Lipinski definition) is 5. The van der Waals surface area contributed by atoms with Crippen molar-refractivity contribution in [1.82, 2.24) is 5.32 Å². The van der Waals surface area contributed by atoms with Gasteiger partial charge in [0.25, 0.3) is 0 Å². The first-order valence-corrected chi connectivity index (χ1v) is 7.82. The molecule has 0 heterocycles. The summed E-state index contributed by atoms with van der Waals surface area (Å²) in [6.07, 6.45) is 1.88. The third-order valence-corrected chi connectivity index (χ3v) is 3.37. The Hall–Kier alpha value is -0.950. The number of aliphatic carboxylic acids is 1. The van der Waals surface area contributed by atoms with Crippen LogP contribution in [0.25, 0.3) is 0 Å². The number of nitrogens with one attached hydrogen (secondary N) is 1. The number of hydrogen-bond donors (Lipinski definition) is 3. The molecule has 1 atom stereocenters. The molecule has 0 rings (SSSR count). The summed E-state index contributed by atoms with van der Waals surface area (Å²) in [4.78, 5) is 22.6. The zero-order valence-electron chi connectivity index (χ0n) is 12.3. The molecule has 6 nitrogen and oxygen atoms in total. The Bertz CT molecular complexity index is 304. The maximum absolute atomic E-state index is 11.5. The molecule has 7 heteroatoms. The van der Waals surface area contributed by atoms with Crippen LogP contribution in [-0.2, 0) is 9.53 Å². The first kappa shape index (κ1) is 19.1. The molecule has 0 aliphatic carbocycles. The first-order valence-electron chi connectivity index (χ1n) is 6.67. The Morgan fingerprint density at radius 3 is 2.40 bits per heavy atom. The SMILES string of the molecule is CC(C)(C)OC(=O)NC(CSCCCCCO)C(=O)O. The van der Waals surface area contributed by atoms with E-state index >= 15 is 0 Å². The molecule has 0 aromatic rings. The molecule has 0 aromatic heterocycles. The Kier molecular flexibility index (Phi) is 9.41. The Labute approximate surface area is 124 Å². The lowest BCUT2D eigenvalue weighted by Crippen LogP contribution is -2.45. The van der Waals surface area contributed by atoms with E-state index in [2.05, 4.69) is 5.32 Å². The summed E-state index contributed by atoms with van der Waals surface area (Å²) in [5.74, 6) is 0.0340. The highest BCUT2D eigenvalue weighted by Crippen LogP contribution is 2.10. The molecule has 0 bridgehead atoms. The van der Waals surface area contributed by atoms with Crippen LogP contribution >= 0.6 is 11.8 Å². The fourth-order valence-electron chi connectivity index (χ4n) is 1.32. The summed E-state index contributed by atoms with van der Waals surface area (Å²) >= 11 is 1.47. The number of thioether (sulfide) groups is 1. The van der Waals surface area contributed by atoms with Gasteiger partial charge in [-0.1, -0.05) is 6.42 Å². The molecule has 0 radical (unpaired) electrons. The van der Waals surface area contributed by atoms with Crippen molar-refractivity contribution in [3.8, 4) is 0 Å². The van der Waals surface area contributed by atoms with Crippen LogP contribution < -0.4 is 5.32 Å². The second-order valence-corrected chi connectivity index (χ2v) is 6.55. The number of ether oxygens (including phenoxy) is 1. The quantitative estimate of drug-likeness (QED) is 0.563. The van der Waals surface area contributed by atoms with E-state index in [-0.39, 0.29) is 6.61 Å². The van der Waals surface area contributed by atoms with Crippen LogP contribution in [0.5, 0.6) is 0 Å². The van der Waals surface area contributed by atoms with Crippen LogP contribution in [0.4, 0.5) is 4.79 Å². The van der Waals surface area contributed by atoms with Gasteiger partial charge in [-0.2, -0.15) is 11.8 Å².